The van der Waals surface area contributed by atoms with Crippen LogP contribution in [-0.4, -0.2) is 59.5 Å². The first kappa shape index (κ1) is 31.8. The Bertz CT molecular complexity index is 1170. The van der Waals surface area contributed by atoms with Gasteiger partial charge in [-0.3, -0.25) is 4.79 Å². The molecule has 1 amide bonds. The summed E-state index contributed by atoms with van der Waals surface area (Å²) < 4.78 is 85.2. The van der Waals surface area contributed by atoms with E-state index in [0.29, 0.717) is 5.69 Å². The van der Waals surface area contributed by atoms with Gasteiger partial charge < -0.3 is 19.0 Å². The van der Waals surface area contributed by atoms with E-state index in [1.807, 2.05) is 30.5 Å². The molecule has 0 unspecified atom stereocenters. The van der Waals surface area contributed by atoms with Crippen molar-refractivity contribution in [2.24, 2.45) is 0 Å². The lowest BCUT2D eigenvalue weighted by molar-refractivity contribution is -0.274. The van der Waals surface area contributed by atoms with E-state index < -0.39 is 30.2 Å². The summed E-state index contributed by atoms with van der Waals surface area (Å²) in [4.78, 5) is 13.4. The Morgan fingerprint density at radius 3 is 2.36 bits per heavy atom. The third kappa shape index (κ3) is 10.3. The van der Waals surface area contributed by atoms with Crippen LogP contribution in [0.3, 0.4) is 0 Å². The lowest BCUT2D eigenvalue weighted by Crippen LogP contribution is -2.30. The zero-order valence-electron chi connectivity index (χ0n) is 21.4. The predicted octanol–water partition coefficient (Wildman–Crippen LogP) is 6.57. The topological polar surface area (TPSA) is 71.7 Å². The maximum Gasteiger partial charge on any atom is 0.573 e. The van der Waals surface area contributed by atoms with Crippen LogP contribution in [0.5, 0.6) is 5.75 Å². The quantitative estimate of drug-likeness (QED) is 0.232. The zero-order chi connectivity index (χ0) is 29.0. The summed E-state index contributed by atoms with van der Waals surface area (Å²) in [6.07, 6.45) is -6.83. The molecule has 0 spiro atoms. The van der Waals surface area contributed by atoms with Gasteiger partial charge in [0.1, 0.15) is 11.6 Å². The fraction of sp³-hybridized carbons (Fsp3) is 0.400. The monoisotopic (exact) mass is 578 g/mol. The third-order valence-electron chi connectivity index (χ3n) is 5.02. The Labute approximate surface area is 226 Å². The number of alkyl halides is 5. The van der Waals surface area contributed by atoms with Crippen LogP contribution >= 0.6 is 11.8 Å². The molecule has 0 aliphatic carbocycles. The zero-order valence-corrected chi connectivity index (χ0v) is 22.2. The molecule has 0 N–H and O–H groups in total. The van der Waals surface area contributed by atoms with Crippen molar-refractivity contribution in [3.05, 3.63) is 59.7 Å². The van der Waals surface area contributed by atoms with Gasteiger partial charge in [0.2, 0.25) is 12.3 Å². The van der Waals surface area contributed by atoms with Crippen molar-refractivity contribution < 1.29 is 40.3 Å². The number of halogens is 6. The summed E-state index contributed by atoms with van der Waals surface area (Å²) in [7, 11) is 1.56. The maximum atomic E-state index is 14.4. The van der Waals surface area contributed by atoms with Crippen molar-refractivity contribution in [2.75, 3.05) is 36.5 Å². The number of ether oxygens (including phenoxy) is 1. The highest BCUT2D eigenvalue weighted by molar-refractivity contribution is 7.99. The molecule has 7 nitrogen and oxygen atoms in total. The van der Waals surface area contributed by atoms with E-state index in [-0.39, 0.29) is 23.6 Å². The van der Waals surface area contributed by atoms with Gasteiger partial charge in [-0.25, -0.2) is 4.39 Å². The maximum absolute atomic E-state index is 14.4. The lowest BCUT2D eigenvalue weighted by atomic mass is 10.1. The molecule has 14 heteroatoms. The van der Waals surface area contributed by atoms with E-state index in [1.54, 1.807) is 13.1 Å². The van der Waals surface area contributed by atoms with Crippen LogP contribution in [0.4, 0.5) is 32.0 Å². The Morgan fingerprint density at radius 1 is 1.13 bits per heavy atom. The average molecular weight is 579 g/mol. The second-order valence-corrected chi connectivity index (χ2v) is 8.93. The van der Waals surface area contributed by atoms with Crippen LogP contribution in [0.15, 0.2) is 46.9 Å². The SMILES string of the molecule is CC.CN(Cc1ccc(-c2nnc(C(F)F)o2)cc1F)c1cccc(OC(F)(F)F)c1.O=CN1CCSCC1. The van der Waals surface area contributed by atoms with Gasteiger partial charge >= 0.3 is 12.8 Å². The number of amides is 1. The Morgan fingerprint density at radius 2 is 1.82 bits per heavy atom. The summed E-state index contributed by atoms with van der Waals surface area (Å²) in [6, 6.07) is 9.10. The Kier molecular flexibility index (Phi) is 12.4. The number of carbonyl (C=O) groups is 1. The normalized spacial score (nSPS) is 13.1. The number of benzene rings is 2. The minimum atomic E-state index is -4.82. The molecular weight excluding hydrogens is 550 g/mol. The van der Waals surface area contributed by atoms with Gasteiger partial charge in [0.15, 0.2) is 0 Å². The number of hydrogen-bond acceptors (Lipinski definition) is 7. The van der Waals surface area contributed by atoms with Gasteiger partial charge in [-0.2, -0.15) is 20.5 Å². The first-order valence-corrected chi connectivity index (χ1v) is 13.0. The molecule has 0 saturated carbocycles. The Hall–Kier alpha value is -3.42. The number of rotatable bonds is 7. The largest absolute Gasteiger partial charge is 0.573 e. The van der Waals surface area contributed by atoms with Crippen molar-refractivity contribution in [2.45, 2.75) is 33.2 Å². The highest BCUT2D eigenvalue weighted by atomic mass is 32.2. The average Bonchev–Trinajstić information content (AvgIpc) is 3.42. The van der Waals surface area contributed by atoms with Crippen molar-refractivity contribution >= 4 is 23.9 Å². The number of hydrogen-bond donors (Lipinski definition) is 0. The van der Waals surface area contributed by atoms with Crippen molar-refractivity contribution in [3.8, 4) is 17.2 Å². The van der Waals surface area contributed by atoms with Gasteiger partial charge in [0.25, 0.3) is 5.89 Å². The van der Waals surface area contributed by atoms with Crippen LogP contribution in [0.1, 0.15) is 31.7 Å². The van der Waals surface area contributed by atoms with Crippen LogP contribution in [0, 0.1) is 5.82 Å². The highest BCUT2D eigenvalue weighted by Gasteiger charge is 2.31. The van der Waals surface area contributed by atoms with Gasteiger partial charge in [0.05, 0.1) is 0 Å². The molecule has 0 bridgehead atoms. The van der Waals surface area contributed by atoms with Crippen LogP contribution in [0.25, 0.3) is 11.5 Å². The molecule has 1 fully saturated rings. The second kappa shape index (κ2) is 15.2. The van der Waals surface area contributed by atoms with Crippen molar-refractivity contribution in [1.29, 1.82) is 0 Å². The van der Waals surface area contributed by atoms with Crippen LogP contribution in [0.2, 0.25) is 0 Å². The van der Waals surface area contributed by atoms with Gasteiger partial charge in [-0.15, -0.1) is 23.4 Å². The summed E-state index contributed by atoms with van der Waals surface area (Å²) in [5.74, 6) is 0.0244. The molecule has 39 heavy (non-hydrogen) atoms. The number of aromatic nitrogens is 2. The molecule has 2 heterocycles. The standard InChI is InChI=1S/C18H13F6N3O2.C5H9NOS.C2H6/c1-27(12-3-2-4-13(8-12)29-18(22,23)24)9-11-6-5-10(7-14(11)19)16-25-26-17(28-16)15(20)21;7-5-6-1-3-8-4-2-6;1-2/h2-8,15H,9H2,1H3;5H,1-4H2;1-2H3. The van der Waals surface area contributed by atoms with Crippen LogP contribution in [-0.2, 0) is 11.3 Å². The summed E-state index contributed by atoms with van der Waals surface area (Å²) in [5.41, 5.74) is 0.703. The minimum absolute atomic E-state index is 0.0215. The van der Waals surface area contributed by atoms with E-state index in [9.17, 15) is 31.1 Å². The molecular formula is C25H28F6N4O3S. The van der Waals surface area contributed by atoms with E-state index in [1.165, 1.54) is 29.2 Å². The molecule has 1 saturated heterocycles. The highest BCUT2D eigenvalue weighted by Crippen LogP contribution is 2.28. The number of carbonyl (C=O) groups excluding carboxylic acids is 1. The first-order chi connectivity index (χ1) is 18.6. The smallest absolute Gasteiger partial charge is 0.415 e. The summed E-state index contributed by atoms with van der Waals surface area (Å²) >= 11 is 1.91. The molecule has 3 aromatic rings. The molecule has 1 aliphatic heterocycles. The lowest BCUT2D eigenvalue weighted by Gasteiger charge is -2.21. The van der Waals surface area contributed by atoms with Gasteiger partial charge in [-0.05, 0) is 24.3 Å². The van der Waals surface area contributed by atoms with Gasteiger partial charge in [-0.1, -0.05) is 26.0 Å². The fourth-order valence-corrected chi connectivity index (χ4v) is 4.13. The second-order valence-electron chi connectivity index (χ2n) is 7.71. The number of anilines is 1. The van der Waals surface area contributed by atoms with Crippen molar-refractivity contribution in [1.82, 2.24) is 15.1 Å². The van der Waals surface area contributed by atoms with E-state index in [0.717, 1.165) is 43.1 Å². The molecule has 1 aromatic heterocycles. The minimum Gasteiger partial charge on any atom is -0.415 e. The summed E-state index contributed by atoms with van der Waals surface area (Å²) in [6.45, 7) is 5.90. The van der Waals surface area contributed by atoms with Crippen molar-refractivity contribution in [3.63, 3.8) is 0 Å². The predicted molar refractivity (Wildman–Crippen MR) is 136 cm³/mol. The van der Waals surface area contributed by atoms with Gasteiger partial charge in [0, 0.05) is 61.1 Å². The molecule has 4 rings (SSSR count). The van der Waals surface area contributed by atoms with E-state index in [2.05, 4.69) is 14.9 Å². The van der Waals surface area contributed by atoms with E-state index in [4.69, 9.17) is 4.42 Å². The summed E-state index contributed by atoms with van der Waals surface area (Å²) in [5, 5.41) is 6.62. The molecule has 0 radical (unpaired) electrons. The molecule has 2 aromatic carbocycles. The third-order valence-corrected chi connectivity index (χ3v) is 5.96. The van der Waals surface area contributed by atoms with Crippen LogP contribution < -0.4 is 9.64 Å². The molecule has 0 atom stereocenters. The fourth-order valence-electron chi connectivity index (χ4n) is 3.20. The van der Waals surface area contributed by atoms with E-state index >= 15 is 0 Å². The molecule has 214 valence electrons. The number of thioether (sulfide) groups is 1. The Balaban J connectivity index is 0.000000451. The number of nitrogens with zero attached hydrogens (tertiary/aromatic N) is 4. The molecule has 1 aliphatic rings. The first-order valence-electron chi connectivity index (χ1n) is 11.8.